The summed E-state index contributed by atoms with van der Waals surface area (Å²) in [5.74, 6) is -0.852. The monoisotopic (exact) mass is 348 g/mol. The molecule has 0 aromatic carbocycles. The van der Waals surface area contributed by atoms with Crippen LogP contribution in [0.3, 0.4) is 0 Å². The number of halogens is 1. The second kappa shape index (κ2) is 7.49. The lowest BCUT2D eigenvalue weighted by atomic mass is 10.0. The van der Waals surface area contributed by atoms with Crippen LogP contribution < -0.4 is 10.6 Å². The molecule has 0 aliphatic heterocycles. The highest BCUT2D eigenvalue weighted by Gasteiger charge is 2.19. The number of hydrogen-bond donors (Lipinski definition) is 3. The Labute approximate surface area is 124 Å². The molecule has 106 valence electrons. The summed E-state index contributed by atoms with van der Waals surface area (Å²) < 4.78 is 0.962. The lowest BCUT2D eigenvalue weighted by Crippen LogP contribution is -2.45. The van der Waals surface area contributed by atoms with Crippen LogP contribution in [0.1, 0.15) is 25.1 Å². The zero-order chi connectivity index (χ0) is 14.4. The third-order valence-corrected chi connectivity index (χ3v) is 4.54. The second-order valence-corrected chi connectivity index (χ2v) is 6.32. The fourth-order valence-corrected chi connectivity index (χ4v) is 2.90. The lowest BCUT2D eigenvalue weighted by Gasteiger charge is -2.20. The van der Waals surface area contributed by atoms with Crippen LogP contribution in [0.5, 0.6) is 0 Å². The summed E-state index contributed by atoms with van der Waals surface area (Å²) in [6.07, 6.45) is -0.0756. The number of carbonyl (C=O) groups excluding carboxylic acids is 1. The van der Waals surface area contributed by atoms with Gasteiger partial charge in [-0.05, 0) is 33.3 Å². The van der Waals surface area contributed by atoms with Crippen molar-refractivity contribution in [2.24, 2.45) is 5.92 Å². The summed E-state index contributed by atoms with van der Waals surface area (Å²) >= 11 is 4.93. The summed E-state index contributed by atoms with van der Waals surface area (Å²) in [6.45, 7) is 4.18. The normalized spacial score (nSPS) is 12.2. The van der Waals surface area contributed by atoms with Crippen LogP contribution in [0, 0.1) is 5.92 Å². The number of carbonyl (C=O) groups is 2. The molecule has 1 unspecified atom stereocenters. The highest BCUT2D eigenvalue weighted by atomic mass is 79.9. The predicted molar refractivity (Wildman–Crippen MR) is 78.3 cm³/mol. The van der Waals surface area contributed by atoms with E-state index in [1.165, 1.54) is 0 Å². The highest BCUT2D eigenvalue weighted by molar-refractivity contribution is 9.10. The first-order chi connectivity index (χ1) is 8.90. The molecule has 0 spiro atoms. The number of amides is 2. The van der Waals surface area contributed by atoms with Gasteiger partial charge in [0.1, 0.15) is 0 Å². The molecule has 2 amide bonds. The molecule has 19 heavy (non-hydrogen) atoms. The number of thiophene rings is 1. The summed E-state index contributed by atoms with van der Waals surface area (Å²) in [5, 5.41) is 16.1. The molecule has 5 nitrogen and oxygen atoms in total. The molecule has 0 aliphatic rings. The molecule has 0 aliphatic carbocycles. The van der Waals surface area contributed by atoms with Gasteiger partial charge < -0.3 is 15.7 Å². The van der Waals surface area contributed by atoms with Crippen molar-refractivity contribution in [3.05, 3.63) is 20.8 Å². The van der Waals surface area contributed by atoms with Crippen LogP contribution >= 0.6 is 27.3 Å². The molecule has 1 heterocycles. The Morgan fingerprint density at radius 2 is 2.16 bits per heavy atom. The molecule has 7 heteroatoms. The average Bonchev–Trinajstić information content (AvgIpc) is 2.70. The number of urea groups is 1. The van der Waals surface area contributed by atoms with E-state index in [1.54, 1.807) is 11.3 Å². The van der Waals surface area contributed by atoms with Gasteiger partial charge in [-0.2, -0.15) is 0 Å². The molecule has 1 atom stereocenters. The van der Waals surface area contributed by atoms with Gasteiger partial charge in [-0.15, -0.1) is 11.3 Å². The fourth-order valence-electron chi connectivity index (χ4n) is 1.47. The van der Waals surface area contributed by atoms with E-state index in [0.717, 1.165) is 9.35 Å². The quantitative estimate of drug-likeness (QED) is 0.739. The van der Waals surface area contributed by atoms with Gasteiger partial charge in [-0.1, -0.05) is 13.8 Å². The van der Waals surface area contributed by atoms with E-state index in [4.69, 9.17) is 5.11 Å². The third-order valence-electron chi connectivity index (χ3n) is 2.62. The van der Waals surface area contributed by atoms with Gasteiger partial charge in [-0.25, -0.2) is 4.79 Å². The number of hydrogen-bond acceptors (Lipinski definition) is 3. The Hall–Kier alpha value is -1.08. The van der Waals surface area contributed by atoms with Crippen molar-refractivity contribution in [1.82, 2.24) is 10.6 Å². The molecule has 0 saturated heterocycles. The molecule has 1 rings (SSSR count). The molecule has 3 N–H and O–H groups in total. The van der Waals surface area contributed by atoms with E-state index >= 15 is 0 Å². The van der Waals surface area contributed by atoms with Crippen molar-refractivity contribution < 1.29 is 14.7 Å². The van der Waals surface area contributed by atoms with Gasteiger partial charge in [0.15, 0.2) is 0 Å². The molecule has 0 radical (unpaired) electrons. The molecule has 1 aromatic heterocycles. The molecule has 0 saturated carbocycles. The van der Waals surface area contributed by atoms with Gasteiger partial charge in [0.2, 0.25) is 0 Å². The van der Waals surface area contributed by atoms with Crippen molar-refractivity contribution in [1.29, 1.82) is 0 Å². The van der Waals surface area contributed by atoms with Crippen molar-refractivity contribution in [2.45, 2.75) is 32.9 Å². The smallest absolute Gasteiger partial charge is 0.315 e. The summed E-state index contributed by atoms with van der Waals surface area (Å²) in [7, 11) is 0. The number of carboxylic acid groups (broad SMARTS) is 1. The Morgan fingerprint density at radius 3 is 2.63 bits per heavy atom. The zero-order valence-electron chi connectivity index (χ0n) is 10.8. The van der Waals surface area contributed by atoms with Gasteiger partial charge in [0.05, 0.1) is 13.0 Å². The van der Waals surface area contributed by atoms with Crippen LogP contribution in [0.25, 0.3) is 0 Å². The van der Waals surface area contributed by atoms with Gasteiger partial charge >= 0.3 is 12.0 Å². The third kappa shape index (κ3) is 5.61. The van der Waals surface area contributed by atoms with Crippen molar-refractivity contribution in [3.8, 4) is 0 Å². The van der Waals surface area contributed by atoms with Crippen LogP contribution in [0.2, 0.25) is 0 Å². The van der Waals surface area contributed by atoms with Crippen LogP contribution in [-0.2, 0) is 11.3 Å². The largest absolute Gasteiger partial charge is 0.481 e. The van der Waals surface area contributed by atoms with Crippen LogP contribution in [-0.4, -0.2) is 23.1 Å². The average molecular weight is 349 g/mol. The second-order valence-electron chi connectivity index (χ2n) is 4.47. The molecule has 1 aromatic rings. The molecular weight excluding hydrogens is 332 g/mol. The van der Waals surface area contributed by atoms with Crippen molar-refractivity contribution >= 4 is 39.3 Å². The van der Waals surface area contributed by atoms with E-state index in [-0.39, 0.29) is 24.4 Å². The maximum absolute atomic E-state index is 11.7. The Morgan fingerprint density at radius 1 is 1.47 bits per heavy atom. The number of carboxylic acids is 1. The zero-order valence-corrected chi connectivity index (χ0v) is 13.2. The maximum atomic E-state index is 11.7. The lowest BCUT2D eigenvalue weighted by molar-refractivity contribution is -0.137. The van der Waals surface area contributed by atoms with E-state index in [0.29, 0.717) is 6.54 Å². The first-order valence-corrected chi connectivity index (χ1v) is 7.55. The first kappa shape index (κ1) is 16.0. The van der Waals surface area contributed by atoms with E-state index in [2.05, 4.69) is 26.6 Å². The Bertz CT molecular complexity index is 448. The topological polar surface area (TPSA) is 78.4 Å². The van der Waals surface area contributed by atoms with Crippen LogP contribution in [0.15, 0.2) is 15.9 Å². The standard InChI is InChI=1S/C12H17BrN2O3S/c1-7(2)9(5-11(16)17)15-12(18)14-6-10-8(13)3-4-19-10/h3-4,7,9H,5-6H2,1-2H3,(H,16,17)(H2,14,15,18). The van der Waals surface area contributed by atoms with E-state index < -0.39 is 5.97 Å². The summed E-state index contributed by atoms with van der Waals surface area (Å²) in [6, 6.07) is 1.20. The SMILES string of the molecule is CC(C)C(CC(=O)O)NC(=O)NCc1sccc1Br. The first-order valence-electron chi connectivity index (χ1n) is 5.88. The Kier molecular flexibility index (Phi) is 6.30. The minimum absolute atomic E-state index is 0.0651. The minimum atomic E-state index is -0.917. The van der Waals surface area contributed by atoms with Gasteiger partial charge in [-0.3, -0.25) is 4.79 Å². The molecule has 0 fully saturated rings. The number of aliphatic carboxylic acids is 1. The van der Waals surface area contributed by atoms with Gasteiger partial charge in [0.25, 0.3) is 0 Å². The van der Waals surface area contributed by atoms with E-state index in [1.807, 2.05) is 25.3 Å². The summed E-state index contributed by atoms with van der Waals surface area (Å²) in [4.78, 5) is 23.5. The fraction of sp³-hybridized carbons (Fsp3) is 0.500. The predicted octanol–water partition coefficient (Wildman–Crippen LogP) is 2.81. The summed E-state index contributed by atoms with van der Waals surface area (Å²) in [5.41, 5.74) is 0. The minimum Gasteiger partial charge on any atom is -0.481 e. The molecule has 0 bridgehead atoms. The van der Waals surface area contributed by atoms with E-state index in [9.17, 15) is 9.59 Å². The molecular formula is C12H17BrN2O3S. The van der Waals surface area contributed by atoms with Gasteiger partial charge in [0, 0.05) is 15.4 Å². The van der Waals surface area contributed by atoms with Crippen molar-refractivity contribution in [3.63, 3.8) is 0 Å². The highest BCUT2D eigenvalue weighted by Crippen LogP contribution is 2.22. The maximum Gasteiger partial charge on any atom is 0.315 e. The number of nitrogens with one attached hydrogen (secondary N) is 2. The van der Waals surface area contributed by atoms with Crippen LogP contribution in [0.4, 0.5) is 4.79 Å². The number of rotatable bonds is 6. The Balaban J connectivity index is 2.44. The van der Waals surface area contributed by atoms with Crippen molar-refractivity contribution in [2.75, 3.05) is 0 Å².